The monoisotopic (exact) mass is 254 g/mol. The van der Waals surface area contributed by atoms with E-state index < -0.39 is 0 Å². The largest absolute Gasteiger partial charge is 0.330 e. The number of rotatable bonds is 2. The van der Waals surface area contributed by atoms with Crippen LogP contribution in [0.3, 0.4) is 0 Å². The fourth-order valence-electron chi connectivity index (χ4n) is 3.50. The van der Waals surface area contributed by atoms with Crippen molar-refractivity contribution in [2.45, 2.75) is 44.4 Å². The number of aromatic nitrogens is 1. The van der Waals surface area contributed by atoms with Crippen LogP contribution in [0.5, 0.6) is 0 Å². The quantitative estimate of drug-likeness (QED) is 0.887. The first-order valence-electron chi connectivity index (χ1n) is 7.31. The third kappa shape index (κ3) is 2.14. The molecule has 19 heavy (non-hydrogen) atoms. The summed E-state index contributed by atoms with van der Waals surface area (Å²) in [6.45, 7) is 2.84. The second-order valence-electron chi connectivity index (χ2n) is 5.88. The normalized spacial score (nSPS) is 18.6. The van der Waals surface area contributed by atoms with Gasteiger partial charge in [-0.1, -0.05) is 37.5 Å². The molecule has 0 amide bonds. The molecular formula is C17H22N2. The molecule has 1 aromatic carbocycles. The third-order valence-corrected chi connectivity index (χ3v) is 4.78. The highest BCUT2D eigenvalue weighted by atomic mass is 14.7. The number of hydrogen-bond donors (Lipinski definition) is 1. The van der Waals surface area contributed by atoms with Gasteiger partial charge in [0.1, 0.15) is 0 Å². The van der Waals surface area contributed by atoms with Gasteiger partial charge in [-0.2, -0.15) is 0 Å². The highest BCUT2D eigenvalue weighted by Crippen LogP contribution is 2.39. The molecule has 3 rings (SSSR count). The molecule has 0 atom stereocenters. The number of pyridine rings is 1. The predicted molar refractivity (Wildman–Crippen MR) is 80.3 cm³/mol. The van der Waals surface area contributed by atoms with Crippen LogP contribution in [-0.2, 0) is 5.41 Å². The standard InChI is InChI=1S/C17H22N2/c1-13-16-6-5-15(11-14(16)7-10-19-13)17(12-18)8-3-2-4-9-17/h5-7,10-11H,2-4,8-9,12,18H2,1H3. The molecule has 2 nitrogen and oxygen atoms in total. The zero-order valence-electron chi connectivity index (χ0n) is 11.7. The number of nitrogens with zero attached hydrogens (tertiary/aromatic N) is 1. The Balaban J connectivity index is 2.09. The lowest BCUT2D eigenvalue weighted by Crippen LogP contribution is -2.37. The second-order valence-corrected chi connectivity index (χ2v) is 5.88. The van der Waals surface area contributed by atoms with E-state index in [-0.39, 0.29) is 5.41 Å². The SMILES string of the molecule is Cc1nccc2cc(C3(CN)CCCCC3)ccc12. The first-order valence-corrected chi connectivity index (χ1v) is 7.31. The van der Waals surface area contributed by atoms with Crippen molar-refractivity contribution in [1.82, 2.24) is 4.98 Å². The van der Waals surface area contributed by atoms with Gasteiger partial charge in [0.25, 0.3) is 0 Å². The van der Waals surface area contributed by atoms with Crippen molar-refractivity contribution in [1.29, 1.82) is 0 Å². The van der Waals surface area contributed by atoms with Gasteiger partial charge in [0, 0.05) is 29.2 Å². The van der Waals surface area contributed by atoms with E-state index in [0.717, 1.165) is 12.2 Å². The van der Waals surface area contributed by atoms with E-state index in [0.29, 0.717) is 0 Å². The Morgan fingerprint density at radius 1 is 1.16 bits per heavy atom. The summed E-state index contributed by atoms with van der Waals surface area (Å²) in [7, 11) is 0. The lowest BCUT2D eigenvalue weighted by molar-refractivity contribution is 0.301. The van der Waals surface area contributed by atoms with E-state index in [1.807, 2.05) is 6.20 Å². The van der Waals surface area contributed by atoms with Crippen molar-refractivity contribution in [2.75, 3.05) is 6.54 Å². The smallest absolute Gasteiger partial charge is 0.0450 e. The molecular weight excluding hydrogens is 232 g/mol. The van der Waals surface area contributed by atoms with Crippen LogP contribution in [-0.4, -0.2) is 11.5 Å². The van der Waals surface area contributed by atoms with Crippen molar-refractivity contribution in [3.05, 3.63) is 41.7 Å². The molecule has 0 saturated heterocycles. The topological polar surface area (TPSA) is 38.9 Å². The summed E-state index contributed by atoms with van der Waals surface area (Å²) in [5, 5.41) is 2.55. The first-order chi connectivity index (χ1) is 9.25. The van der Waals surface area contributed by atoms with Gasteiger partial charge in [-0.15, -0.1) is 0 Å². The lowest BCUT2D eigenvalue weighted by atomic mass is 9.69. The Labute approximate surface area is 115 Å². The molecule has 0 spiro atoms. The van der Waals surface area contributed by atoms with Crippen LogP contribution in [0.15, 0.2) is 30.5 Å². The maximum Gasteiger partial charge on any atom is 0.0450 e. The number of aryl methyl sites for hydroxylation is 1. The van der Waals surface area contributed by atoms with E-state index in [9.17, 15) is 0 Å². The van der Waals surface area contributed by atoms with Crippen molar-refractivity contribution in [3.63, 3.8) is 0 Å². The van der Waals surface area contributed by atoms with Gasteiger partial charge in [0.15, 0.2) is 0 Å². The van der Waals surface area contributed by atoms with Crippen LogP contribution in [0.1, 0.15) is 43.4 Å². The Morgan fingerprint density at radius 2 is 1.95 bits per heavy atom. The molecule has 1 aliphatic rings. The van der Waals surface area contributed by atoms with Crippen LogP contribution in [0.25, 0.3) is 10.8 Å². The molecule has 2 heteroatoms. The number of fused-ring (bicyclic) bond motifs is 1. The Bertz CT molecular complexity index is 583. The highest BCUT2D eigenvalue weighted by Gasteiger charge is 2.32. The van der Waals surface area contributed by atoms with Crippen molar-refractivity contribution in [2.24, 2.45) is 5.73 Å². The lowest BCUT2D eigenvalue weighted by Gasteiger charge is -2.37. The zero-order chi connectivity index (χ0) is 13.3. The van der Waals surface area contributed by atoms with Crippen LogP contribution in [0.4, 0.5) is 0 Å². The van der Waals surface area contributed by atoms with E-state index in [4.69, 9.17) is 5.73 Å². The summed E-state index contributed by atoms with van der Waals surface area (Å²) in [5.41, 5.74) is 8.87. The highest BCUT2D eigenvalue weighted by molar-refractivity contribution is 5.85. The van der Waals surface area contributed by atoms with Crippen LogP contribution >= 0.6 is 0 Å². The Hall–Kier alpha value is -1.41. The van der Waals surface area contributed by atoms with Crippen LogP contribution < -0.4 is 5.73 Å². The molecule has 0 bridgehead atoms. The predicted octanol–water partition coefficient (Wildman–Crippen LogP) is 3.70. The van der Waals surface area contributed by atoms with Crippen LogP contribution in [0.2, 0.25) is 0 Å². The van der Waals surface area contributed by atoms with Gasteiger partial charge in [0.05, 0.1) is 0 Å². The Morgan fingerprint density at radius 3 is 2.68 bits per heavy atom. The third-order valence-electron chi connectivity index (χ3n) is 4.78. The molecule has 1 saturated carbocycles. The molecule has 1 aromatic heterocycles. The second kappa shape index (κ2) is 4.93. The van der Waals surface area contributed by atoms with E-state index >= 15 is 0 Å². The molecule has 1 aliphatic carbocycles. The molecule has 1 heterocycles. The molecule has 0 radical (unpaired) electrons. The fraction of sp³-hybridized carbons (Fsp3) is 0.471. The van der Waals surface area contributed by atoms with E-state index in [1.54, 1.807) is 0 Å². The molecule has 0 aliphatic heterocycles. The number of hydrogen-bond acceptors (Lipinski definition) is 2. The first kappa shape index (κ1) is 12.6. The maximum atomic E-state index is 6.13. The summed E-state index contributed by atoms with van der Waals surface area (Å²) in [4.78, 5) is 4.36. The van der Waals surface area contributed by atoms with Crippen molar-refractivity contribution < 1.29 is 0 Å². The zero-order valence-corrected chi connectivity index (χ0v) is 11.7. The van der Waals surface area contributed by atoms with Gasteiger partial charge < -0.3 is 5.73 Å². The Kier molecular flexibility index (Phi) is 3.28. The van der Waals surface area contributed by atoms with E-state index in [1.165, 1.54) is 48.4 Å². The number of benzene rings is 1. The summed E-state index contributed by atoms with van der Waals surface area (Å²) < 4.78 is 0. The average molecular weight is 254 g/mol. The summed E-state index contributed by atoms with van der Waals surface area (Å²) in [5.74, 6) is 0. The van der Waals surface area contributed by atoms with Crippen LogP contribution in [0, 0.1) is 6.92 Å². The minimum Gasteiger partial charge on any atom is -0.330 e. The minimum absolute atomic E-state index is 0.212. The number of nitrogens with two attached hydrogens (primary N) is 1. The van der Waals surface area contributed by atoms with Gasteiger partial charge in [0.2, 0.25) is 0 Å². The van der Waals surface area contributed by atoms with Crippen molar-refractivity contribution in [3.8, 4) is 0 Å². The van der Waals surface area contributed by atoms with E-state index in [2.05, 4.69) is 36.2 Å². The minimum atomic E-state index is 0.212. The fourth-order valence-corrected chi connectivity index (χ4v) is 3.50. The molecule has 100 valence electrons. The van der Waals surface area contributed by atoms with Crippen molar-refractivity contribution >= 4 is 10.8 Å². The van der Waals surface area contributed by atoms with Gasteiger partial charge >= 0.3 is 0 Å². The summed E-state index contributed by atoms with van der Waals surface area (Å²) in [6.07, 6.45) is 8.35. The summed E-state index contributed by atoms with van der Waals surface area (Å²) in [6, 6.07) is 8.94. The molecule has 1 fully saturated rings. The molecule has 2 N–H and O–H groups in total. The maximum absolute atomic E-state index is 6.13. The van der Waals surface area contributed by atoms with Gasteiger partial charge in [-0.25, -0.2) is 0 Å². The molecule has 2 aromatic rings. The van der Waals surface area contributed by atoms with Gasteiger partial charge in [-0.3, -0.25) is 4.98 Å². The molecule has 0 unspecified atom stereocenters. The average Bonchev–Trinajstić information content (AvgIpc) is 2.48. The van der Waals surface area contributed by atoms with Gasteiger partial charge in [-0.05, 0) is 36.8 Å². The summed E-state index contributed by atoms with van der Waals surface area (Å²) >= 11 is 0.